The third kappa shape index (κ3) is 15.6. The Labute approximate surface area is 799 Å². The fourth-order valence-corrected chi connectivity index (χ4v) is 25.1. The normalized spacial score (nSPS) is 12.1. The van der Waals surface area contributed by atoms with Crippen molar-refractivity contribution in [3.63, 3.8) is 0 Å². The lowest BCUT2D eigenvalue weighted by molar-refractivity contribution is 0.659. The first-order valence-corrected chi connectivity index (χ1v) is 49.5. The van der Waals surface area contributed by atoms with E-state index in [1.807, 2.05) is 106 Å². The van der Waals surface area contributed by atoms with Crippen molar-refractivity contribution in [3.8, 4) is 11.1 Å². The topological polar surface area (TPSA) is 60.1 Å². The van der Waals surface area contributed by atoms with E-state index in [2.05, 4.69) is 432 Å². The summed E-state index contributed by atoms with van der Waals surface area (Å²) in [6.07, 6.45) is 3.63. The highest BCUT2D eigenvalue weighted by Gasteiger charge is 2.36. The molecule has 0 fully saturated rings. The monoisotopic (exact) mass is 1830 g/mol. The first kappa shape index (κ1) is 85.0. The molecule has 25 aromatic rings. The molecule has 14 heteroatoms. The van der Waals surface area contributed by atoms with Gasteiger partial charge in [-0.3, -0.25) is 0 Å². The molecule has 0 aliphatic heterocycles. The van der Waals surface area contributed by atoms with Crippen LogP contribution in [-0.2, 0) is 12.5 Å². The van der Waals surface area contributed by atoms with E-state index in [0.29, 0.717) is 0 Å². The molecule has 0 spiro atoms. The highest BCUT2D eigenvalue weighted by atomic mass is 32.1. The molecule has 1 aliphatic carbocycles. The molecule has 0 radical (unpaired) electrons. The van der Waals surface area contributed by atoms with Gasteiger partial charge < -0.3 is 33.5 Å². The molecule has 134 heavy (non-hydrogen) atoms. The molecule has 9 nitrogen and oxygen atoms in total. The second kappa shape index (κ2) is 34.6. The van der Waals surface area contributed by atoms with Crippen molar-refractivity contribution in [2.45, 2.75) is 53.9 Å². The molecule has 0 saturated carbocycles. The molecule has 0 bridgehead atoms. The van der Waals surface area contributed by atoms with E-state index >= 15 is 0 Å². The summed E-state index contributed by atoms with van der Waals surface area (Å²) in [5.41, 5.74) is 26.0. The van der Waals surface area contributed by atoms with Crippen LogP contribution in [0.25, 0.3) is 156 Å². The van der Waals surface area contributed by atoms with Crippen LogP contribution in [0.5, 0.6) is 0 Å². The predicted octanol–water partition coefficient (Wildman–Crippen LogP) is 35.3. The molecule has 0 atom stereocenters. The predicted molar refractivity (Wildman–Crippen MR) is 587 cm³/mol. The van der Waals surface area contributed by atoms with Crippen molar-refractivity contribution < 1.29 is 4.42 Å². The number of benzene rings is 16. The van der Waals surface area contributed by atoms with Crippen molar-refractivity contribution in [2.24, 2.45) is 7.05 Å². The molecule has 0 N–H and O–H groups in total. The number of aromatic nitrogens is 3. The van der Waals surface area contributed by atoms with Gasteiger partial charge >= 0.3 is 0 Å². The number of fused-ring (bicyclic) bond motifs is 24. The standard InChI is InChI=1S/C29H25NS.C27H22N2S.C26H19NS2.C19H16N2O.C19H16N2S/c1-18-9-12-21-22-13-10-20(17-26(22)29(2,3)25(21)15-18)30(4)19-11-14-28-24(16-19)23-7-5-6-8-27(23)31-28;1-17-8-11-20-21-12-9-19(16-25(21)29(3)24(20)14-17)28(2)18-10-13-27-23(15-18)22-6-4-5-7-26(22)30-27;1-16-7-10-20-21-11-8-18(15-26(21)29-25(20)13-16)27(2)17-9-12-24-22(14-17)19-5-3-4-6-23(19)28-24;2*1-13-6-8-15-16-9-7-14(12-18(16)22-17(15)11-13)21(2)19-5-3-4-10-20-19/h5-17H,1-4H3;4-16H,1-3H3;3-15H,1-2H3;2*3-12H,1-2H3. The summed E-state index contributed by atoms with van der Waals surface area (Å²) < 4.78 is 21.8. The van der Waals surface area contributed by atoms with Crippen LogP contribution in [0.2, 0.25) is 0 Å². The van der Waals surface area contributed by atoms with Gasteiger partial charge in [-0.25, -0.2) is 9.97 Å². The van der Waals surface area contributed by atoms with Crippen molar-refractivity contribution in [1.29, 1.82) is 0 Å². The summed E-state index contributed by atoms with van der Waals surface area (Å²) in [5, 5.41) is 18.4. The molecular weight excluding hydrogens is 1730 g/mol. The van der Waals surface area contributed by atoms with Gasteiger partial charge in [-0.1, -0.05) is 177 Å². The Bertz CT molecular complexity index is 8730. The fraction of sp³-hybridized carbons (Fsp3) is 0.117. The van der Waals surface area contributed by atoms with E-state index in [1.54, 1.807) is 6.20 Å². The average molecular weight is 1830 g/mol. The van der Waals surface area contributed by atoms with Gasteiger partial charge in [0.05, 0.1) is 5.52 Å². The van der Waals surface area contributed by atoms with Crippen LogP contribution < -0.4 is 24.5 Å². The smallest absolute Gasteiger partial charge is 0.137 e. The molecule has 0 amide bonds. The Morgan fingerprint density at radius 3 is 1.01 bits per heavy atom. The quantitative estimate of drug-likeness (QED) is 0.134. The fourth-order valence-electron chi connectivity index (χ4n) is 19.4. The van der Waals surface area contributed by atoms with Crippen molar-refractivity contribution >= 4 is 258 Å². The number of furan rings is 1. The molecule has 16 aromatic carbocycles. The largest absolute Gasteiger partial charge is 0.456 e. The van der Waals surface area contributed by atoms with E-state index in [9.17, 15) is 0 Å². The van der Waals surface area contributed by atoms with Crippen LogP contribution in [-0.4, -0.2) is 49.8 Å². The molecule has 0 saturated heterocycles. The molecule has 654 valence electrons. The Morgan fingerprint density at radius 2 is 0.537 bits per heavy atom. The van der Waals surface area contributed by atoms with Gasteiger partial charge in [0.1, 0.15) is 22.8 Å². The van der Waals surface area contributed by atoms with Crippen LogP contribution in [0.1, 0.15) is 52.8 Å². The zero-order valence-corrected chi connectivity index (χ0v) is 81.2. The first-order valence-electron chi connectivity index (χ1n) is 45.4. The van der Waals surface area contributed by atoms with E-state index in [1.165, 1.54) is 207 Å². The summed E-state index contributed by atoms with van der Waals surface area (Å²) in [7, 11) is 12.7. The number of nitrogens with zero attached hydrogens (tertiary/aromatic N) is 8. The Kier molecular flexibility index (Phi) is 22.0. The minimum absolute atomic E-state index is 0.0149. The highest BCUT2D eigenvalue weighted by molar-refractivity contribution is 7.27. The molecule has 0 unspecified atom stereocenters. The van der Waals surface area contributed by atoms with Crippen LogP contribution in [0, 0.1) is 34.6 Å². The summed E-state index contributed by atoms with van der Waals surface area (Å²) >= 11 is 9.34. The summed E-state index contributed by atoms with van der Waals surface area (Å²) in [5.74, 6) is 1.87. The number of rotatable bonds is 10. The van der Waals surface area contributed by atoms with Gasteiger partial charge in [0.2, 0.25) is 0 Å². The third-order valence-corrected chi connectivity index (χ3v) is 32.7. The summed E-state index contributed by atoms with van der Waals surface area (Å²) in [4.78, 5) is 19.9. The Hall–Kier alpha value is -14.5. The molecular formula is C120H98N8OS5. The highest BCUT2D eigenvalue weighted by Crippen LogP contribution is 2.52. The number of pyridine rings is 2. The van der Waals surface area contributed by atoms with Gasteiger partial charge in [-0.05, 0) is 261 Å². The number of anilines is 10. The second-order valence-electron chi connectivity index (χ2n) is 36.0. The minimum Gasteiger partial charge on any atom is -0.456 e. The SMILES string of the molecule is Cc1ccc2c(c1)C(C)(C)c1cc(N(C)c3ccc4sc5ccccc5c4c3)ccc1-2.Cc1ccc2c(c1)oc1cc(N(C)c3ccccn3)ccc12.Cc1ccc2c(c1)sc1cc(N(C)c3ccc4sc5ccccc5c4c3)ccc12.Cc1ccc2c(c1)sc1cc(N(C)c3ccccn3)ccc12.Cc1ccc2c3ccc(N(C)c4ccc5sc6ccccc6c5c4)cc3n(C)c2c1. The number of hydrogen-bond donors (Lipinski definition) is 0. The molecule has 9 aromatic heterocycles. The summed E-state index contributed by atoms with van der Waals surface area (Å²) in [6.45, 7) is 15.4. The van der Waals surface area contributed by atoms with E-state index in [-0.39, 0.29) is 5.41 Å². The Balaban J connectivity index is 0.0000000981. The van der Waals surface area contributed by atoms with Crippen LogP contribution in [0.15, 0.2) is 363 Å². The third-order valence-electron chi connectivity index (χ3n) is 27.0. The van der Waals surface area contributed by atoms with Crippen LogP contribution >= 0.6 is 56.7 Å². The maximum Gasteiger partial charge on any atom is 0.137 e. The average Bonchev–Trinajstić information content (AvgIpc) is 1.56. The lowest BCUT2D eigenvalue weighted by Crippen LogP contribution is -2.16. The van der Waals surface area contributed by atoms with Gasteiger partial charge in [0.15, 0.2) is 0 Å². The number of thiophene rings is 5. The molecule has 1 aliphatic rings. The maximum atomic E-state index is 6.01. The Morgan fingerprint density at radius 1 is 0.239 bits per heavy atom. The van der Waals surface area contributed by atoms with Gasteiger partial charge in [0, 0.05) is 240 Å². The van der Waals surface area contributed by atoms with Crippen LogP contribution in [0.3, 0.4) is 0 Å². The second-order valence-corrected chi connectivity index (χ2v) is 41.5. The van der Waals surface area contributed by atoms with E-state index < -0.39 is 0 Å². The van der Waals surface area contributed by atoms with Crippen LogP contribution in [0.4, 0.5) is 57.1 Å². The lowest BCUT2D eigenvalue weighted by atomic mass is 9.82. The number of aryl methyl sites for hydroxylation is 6. The molecule has 9 heterocycles. The first-order chi connectivity index (χ1) is 65.1. The van der Waals surface area contributed by atoms with Crippen molar-refractivity contribution in [3.05, 3.63) is 397 Å². The van der Waals surface area contributed by atoms with E-state index in [0.717, 1.165) is 44.9 Å². The summed E-state index contributed by atoms with van der Waals surface area (Å²) in [6, 6.07) is 125. The zero-order valence-electron chi connectivity index (χ0n) is 77.1. The zero-order chi connectivity index (χ0) is 91.5. The maximum absolute atomic E-state index is 6.01. The number of hydrogen-bond acceptors (Lipinski definition) is 13. The van der Waals surface area contributed by atoms with Gasteiger partial charge in [-0.2, -0.15) is 0 Å². The van der Waals surface area contributed by atoms with Gasteiger partial charge in [-0.15, -0.1) is 56.7 Å². The van der Waals surface area contributed by atoms with E-state index in [4.69, 9.17) is 4.42 Å². The minimum atomic E-state index is 0.0149. The van der Waals surface area contributed by atoms with Crippen molar-refractivity contribution in [2.75, 3.05) is 59.7 Å². The van der Waals surface area contributed by atoms with Gasteiger partial charge in [0.25, 0.3) is 0 Å². The van der Waals surface area contributed by atoms with Crippen molar-refractivity contribution in [1.82, 2.24) is 14.5 Å². The molecule has 26 rings (SSSR count). The lowest BCUT2D eigenvalue weighted by Gasteiger charge is -2.25.